The zero-order valence-corrected chi connectivity index (χ0v) is 21.0. The molecule has 0 rings (SSSR count). The van der Waals surface area contributed by atoms with Crippen molar-refractivity contribution in [1.82, 2.24) is 4.90 Å². The summed E-state index contributed by atoms with van der Waals surface area (Å²) in [5.41, 5.74) is 0. The highest BCUT2D eigenvalue weighted by molar-refractivity contribution is 5.62. The van der Waals surface area contributed by atoms with Gasteiger partial charge in [0.15, 0.2) is 0 Å². The Labute approximate surface area is 188 Å². The fourth-order valence-electron chi connectivity index (χ4n) is 3.79. The van der Waals surface area contributed by atoms with Gasteiger partial charge in [-0.3, -0.25) is 4.79 Å². The molecular formula is C26H55NO3. The smallest absolute Gasteiger partial charge is 0.300 e. The summed E-state index contributed by atoms with van der Waals surface area (Å²) in [7, 11) is 4.05. The number of unbranched alkanes of at least 4 members (excludes halogenated alkanes) is 17. The molecule has 0 aromatic carbocycles. The predicted octanol–water partition coefficient (Wildman–Crippen LogP) is 7.43. The summed E-state index contributed by atoms with van der Waals surface area (Å²) in [5.74, 6) is -0.833. The molecule has 30 heavy (non-hydrogen) atoms. The molecule has 4 nitrogen and oxygen atoms in total. The van der Waals surface area contributed by atoms with Crippen LogP contribution in [0.25, 0.3) is 0 Å². The molecule has 0 aliphatic heterocycles. The first-order valence-corrected chi connectivity index (χ1v) is 12.9. The average Bonchev–Trinajstić information content (AvgIpc) is 2.66. The molecule has 0 spiro atoms. The normalized spacial score (nSPS) is 11.9. The van der Waals surface area contributed by atoms with Gasteiger partial charge < -0.3 is 15.1 Å². The Morgan fingerprint density at radius 1 is 0.667 bits per heavy atom. The third-order valence-electron chi connectivity index (χ3n) is 5.47. The molecule has 0 radical (unpaired) electrons. The third-order valence-corrected chi connectivity index (χ3v) is 5.47. The van der Waals surface area contributed by atoms with Crippen molar-refractivity contribution < 1.29 is 15.0 Å². The number of carboxylic acid groups (broad SMARTS) is 1. The Hall–Kier alpha value is -0.610. The van der Waals surface area contributed by atoms with Crippen LogP contribution in [0.15, 0.2) is 0 Å². The third kappa shape index (κ3) is 34.9. The van der Waals surface area contributed by atoms with E-state index in [2.05, 4.69) is 11.8 Å². The van der Waals surface area contributed by atoms with E-state index in [1.54, 1.807) is 0 Å². The maximum atomic E-state index is 9.81. The van der Waals surface area contributed by atoms with E-state index in [4.69, 9.17) is 9.90 Å². The van der Waals surface area contributed by atoms with Gasteiger partial charge >= 0.3 is 0 Å². The second kappa shape index (κ2) is 26.4. The van der Waals surface area contributed by atoms with Gasteiger partial charge in [-0.15, -0.1) is 0 Å². The fourth-order valence-corrected chi connectivity index (χ4v) is 3.79. The molecule has 0 aromatic rings. The van der Waals surface area contributed by atoms with Crippen LogP contribution in [0.1, 0.15) is 136 Å². The van der Waals surface area contributed by atoms with Crippen LogP contribution in [0.2, 0.25) is 0 Å². The molecule has 0 aromatic heterocycles. The molecule has 0 aliphatic carbocycles. The maximum absolute atomic E-state index is 9.81. The summed E-state index contributed by atoms with van der Waals surface area (Å²) in [6.07, 6.45) is 26.3. The van der Waals surface area contributed by atoms with Crippen LogP contribution < -0.4 is 0 Å². The monoisotopic (exact) mass is 429 g/mol. The first kappa shape index (κ1) is 31.6. The predicted molar refractivity (Wildman–Crippen MR) is 131 cm³/mol. The number of aliphatic hydroxyl groups is 1. The lowest BCUT2D eigenvalue weighted by Gasteiger charge is -2.15. The van der Waals surface area contributed by atoms with Crippen LogP contribution in [-0.2, 0) is 4.79 Å². The first-order chi connectivity index (χ1) is 14.4. The van der Waals surface area contributed by atoms with E-state index in [9.17, 15) is 5.11 Å². The van der Waals surface area contributed by atoms with Gasteiger partial charge in [0, 0.05) is 13.5 Å². The second-order valence-corrected chi connectivity index (χ2v) is 9.23. The van der Waals surface area contributed by atoms with E-state index >= 15 is 0 Å². The highest BCUT2D eigenvalue weighted by Crippen LogP contribution is 2.14. The fraction of sp³-hybridized carbons (Fsp3) is 0.962. The van der Waals surface area contributed by atoms with Gasteiger partial charge in [-0.2, -0.15) is 0 Å². The van der Waals surface area contributed by atoms with Crippen LogP contribution in [0.5, 0.6) is 0 Å². The topological polar surface area (TPSA) is 60.8 Å². The Balaban J connectivity index is 0. The summed E-state index contributed by atoms with van der Waals surface area (Å²) >= 11 is 0. The Kier molecular flexibility index (Phi) is 27.8. The Morgan fingerprint density at radius 3 is 1.20 bits per heavy atom. The molecule has 1 atom stereocenters. The number of hydrogen-bond acceptors (Lipinski definition) is 3. The van der Waals surface area contributed by atoms with E-state index in [1.165, 1.54) is 116 Å². The van der Waals surface area contributed by atoms with Crippen molar-refractivity contribution in [2.45, 2.75) is 142 Å². The van der Waals surface area contributed by atoms with Gasteiger partial charge in [0.1, 0.15) is 0 Å². The highest BCUT2D eigenvalue weighted by Gasteiger charge is 2.04. The number of rotatable bonds is 21. The summed E-state index contributed by atoms with van der Waals surface area (Å²) in [4.78, 5) is 11.1. The summed E-state index contributed by atoms with van der Waals surface area (Å²) in [6, 6.07) is 0. The number of aliphatic hydroxyl groups excluding tert-OH is 1. The van der Waals surface area contributed by atoms with E-state index < -0.39 is 5.97 Å². The number of carboxylic acids is 1. The molecule has 0 heterocycles. The van der Waals surface area contributed by atoms with Crippen molar-refractivity contribution in [2.24, 2.45) is 0 Å². The van der Waals surface area contributed by atoms with Crippen LogP contribution in [0, 0.1) is 0 Å². The van der Waals surface area contributed by atoms with Crippen molar-refractivity contribution in [3.63, 3.8) is 0 Å². The molecule has 4 heteroatoms. The number of aliphatic carboxylic acids is 1. The minimum absolute atomic E-state index is 0.133. The van der Waals surface area contributed by atoms with Gasteiger partial charge in [0.25, 0.3) is 5.97 Å². The molecule has 0 aliphatic rings. The molecule has 2 N–H and O–H groups in total. The molecule has 1 unspecified atom stereocenters. The SMILES string of the molecule is CC(=O)O.CCCCCCCCCCCCCCCCCCCCC(O)CN(C)C. The van der Waals surface area contributed by atoms with Crippen LogP contribution >= 0.6 is 0 Å². The van der Waals surface area contributed by atoms with Crippen molar-refractivity contribution in [1.29, 1.82) is 0 Å². The minimum Gasteiger partial charge on any atom is -0.481 e. The van der Waals surface area contributed by atoms with Crippen LogP contribution in [0.3, 0.4) is 0 Å². The minimum atomic E-state index is -0.833. The largest absolute Gasteiger partial charge is 0.481 e. The lowest BCUT2D eigenvalue weighted by molar-refractivity contribution is -0.134. The zero-order chi connectivity index (χ0) is 22.9. The quantitative estimate of drug-likeness (QED) is 0.186. The van der Waals surface area contributed by atoms with E-state index in [-0.39, 0.29) is 6.10 Å². The lowest BCUT2D eigenvalue weighted by atomic mass is 10.0. The zero-order valence-electron chi connectivity index (χ0n) is 21.0. The molecule has 0 fully saturated rings. The summed E-state index contributed by atoms with van der Waals surface area (Å²) in [5, 5.41) is 17.2. The van der Waals surface area contributed by atoms with Crippen molar-refractivity contribution in [3.8, 4) is 0 Å². The lowest BCUT2D eigenvalue weighted by Crippen LogP contribution is -2.25. The van der Waals surface area contributed by atoms with Crippen molar-refractivity contribution in [2.75, 3.05) is 20.6 Å². The molecule has 182 valence electrons. The van der Waals surface area contributed by atoms with Gasteiger partial charge in [-0.05, 0) is 20.5 Å². The first-order valence-electron chi connectivity index (χ1n) is 12.9. The van der Waals surface area contributed by atoms with Crippen LogP contribution in [0.4, 0.5) is 0 Å². The van der Waals surface area contributed by atoms with E-state index in [0.29, 0.717) is 0 Å². The average molecular weight is 430 g/mol. The number of carbonyl (C=O) groups is 1. The summed E-state index contributed by atoms with van der Waals surface area (Å²) < 4.78 is 0. The van der Waals surface area contributed by atoms with Gasteiger partial charge in [-0.25, -0.2) is 0 Å². The van der Waals surface area contributed by atoms with Gasteiger partial charge in [-0.1, -0.05) is 122 Å². The number of nitrogens with zero attached hydrogens (tertiary/aromatic N) is 1. The summed E-state index contributed by atoms with van der Waals surface area (Å²) in [6.45, 7) is 4.18. The van der Waals surface area contributed by atoms with Gasteiger partial charge in [0.05, 0.1) is 6.10 Å². The molecule has 0 bridgehead atoms. The van der Waals surface area contributed by atoms with Crippen LogP contribution in [-0.4, -0.2) is 47.8 Å². The molecule has 0 saturated carbocycles. The van der Waals surface area contributed by atoms with Crippen molar-refractivity contribution in [3.05, 3.63) is 0 Å². The second-order valence-electron chi connectivity index (χ2n) is 9.23. The van der Waals surface area contributed by atoms with Gasteiger partial charge in [0.2, 0.25) is 0 Å². The number of likely N-dealkylation sites (N-methyl/N-ethyl adjacent to an activating group) is 1. The maximum Gasteiger partial charge on any atom is 0.300 e. The van der Waals surface area contributed by atoms with E-state index in [0.717, 1.165) is 19.9 Å². The molecule has 0 saturated heterocycles. The Morgan fingerprint density at radius 2 is 0.933 bits per heavy atom. The van der Waals surface area contributed by atoms with Crippen molar-refractivity contribution >= 4 is 5.97 Å². The standard InChI is InChI=1S/C24H51NO.C2H4O2/c1-4-5-6-7-8-9-10-11-12-13-14-15-16-17-18-19-20-21-22-24(26)23-25(2)3;1-2(3)4/h24,26H,4-23H2,1-3H3;1H3,(H,3,4). The molecular weight excluding hydrogens is 374 g/mol. The highest BCUT2D eigenvalue weighted by atomic mass is 16.4. The molecule has 0 amide bonds. The Bertz CT molecular complexity index is 330. The van der Waals surface area contributed by atoms with E-state index in [1.807, 2.05) is 14.1 Å². The number of hydrogen-bond donors (Lipinski definition) is 2.